The van der Waals surface area contributed by atoms with Crippen LogP contribution in [0.25, 0.3) is 10.8 Å². The number of carbonyl (C=O) groups excluding carboxylic acids is 2. The number of nitrogens with zero attached hydrogens (tertiary/aromatic N) is 1. The monoisotopic (exact) mass is 328 g/mol. The summed E-state index contributed by atoms with van der Waals surface area (Å²) in [6, 6.07) is 10.1. The molecule has 1 amide bonds. The lowest BCUT2D eigenvalue weighted by Gasteiger charge is -2.11. The predicted octanol–water partition coefficient (Wildman–Crippen LogP) is 2.23. The van der Waals surface area contributed by atoms with Gasteiger partial charge in [0.25, 0.3) is 11.5 Å². The Bertz CT molecular complexity index is 944. The first kappa shape index (κ1) is 15.0. The van der Waals surface area contributed by atoms with Gasteiger partial charge in [-0.3, -0.25) is 15.0 Å². The molecule has 0 unspecified atom stereocenters. The van der Waals surface area contributed by atoms with E-state index < -0.39 is 17.4 Å². The molecule has 0 fully saturated rings. The summed E-state index contributed by atoms with van der Waals surface area (Å²) in [7, 11) is 1.26. The lowest BCUT2D eigenvalue weighted by atomic mass is 10.1. The van der Waals surface area contributed by atoms with Gasteiger partial charge in [-0.1, -0.05) is 24.3 Å². The van der Waals surface area contributed by atoms with Crippen LogP contribution in [0, 0.1) is 0 Å². The summed E-state index contributed by atoms with van der Waals surface area (Å²) in [4.78, 5) is 37.1. The third-order valence-corrected chi connectivity index (χ3v) is 4.17. The maximum absolute atomic E-state index is 12.5. The molecule has 0 radical (unpaired) electrons. The number of methoxy groups -OCH3 is 1. The number of pyridine rings is 1. The first-order valence-corrected chi connectivity index (χ1v) is 7.57. The van der Waals surface area contributed by atoms with Gasteiger partial charge in [-0.25, -0.2) is 9.47 Å². The van der Waals surface area contributed by atoms with Crippen LogP contribution in [-0.4, -0.2) is 23.7 Å². The van der Waals surface area contributed by atoms with Gasteiger partial charge in [0.05, 0.1) is 17.6 Å². The van der Waals surface area contributed by atoms with Gasteiger partial charge >= 0.3 is 5.97 Å². The molecule has 0 bridgehead atoms. The Morgan fingerprint density at radius 3 is 2.52 bits per heavy atom. The summed E-state index contributed by atoms with van der Waals surface area (Å²) < 4.78 is 5.76. The average molecular weight is 328 g/mol. The highest BCUT2D eigenvalue weighted by molar-refractivity contribution is 7.12. The first-order chi connectivity index (χ1) is 11.1. The van der Waals surface area contributed by atoms with Gasteiger partial charge in [0.1, 0.15) is 0 Å². The number of carbonyl (C=O) groups is 2. The van der Waals surface area contributed by atoms with E-state index >= 15 is 0 Å². The quantitative estimate of drug-likeness (QED) is 0.748. The van der Waals surface area contributed by atoms with Gasteiger partial charge in [-0.2, -0.15) is 0 Å². The number of esters is 1. The normalized spacial score (nSPS) is 10.5. The molecule has 0 aliphatic heterocycles. The van der Waals surface area contributed by atoms with E-state index in [2.05, 4.69) is 5.43 Å². The molecule has 3 rings (SSSR count). The molecule has 0 saturated carbocycles. The van der Waals surface area contributed by atoms with Gasteiger partial charge in [-0.05, 0) is 17.5 Å². The van der Waals surface area contributed by atoms with Crippen LogP contribution < -0.4 is 11.0 Å². The van der Waals surface area contributed by atoms with Crippen molar-refractivity contribution in [2.45, 2.75) is 0 Å². The highest BCUT2D eigenvalue weighted by Crippen LogP contribution is 2.16. The Labute approximate surface area is 134 Å². The van der Waals surface area contributed by atoms with E-state index in [1.165, 1.54) is 24.6 Å². The van der Waals surface area contributed by atoms with E-state index in [-0.39, 0.29) is 5.56 Å². The second-order valence-electron chi connectivity index (χ2n) is 4.67. The molecule has 6 nitrogen and oxygen atoms in total. The van der Waals surface area contributed by atoms with E-state index in [4.69, 9.17) is 4.74 Å². The highest BCUT2D eigenvalue weighted by Gasteiger charge is 2.16. The number of aromatic nitrogens is 1. The number of benzene rings is 1. The van der Waals surface area contributed by atoms with Crippen LogP contribution >= 0.6 is 11.3 Å². The van der Waals surface area contributed by atoms with Gasteiger partial charge < -0.3 is 4.74 Å². The zero-order valence-corrected chi connectivity index (χ0v) is 12.9. The molecule has 0 saturated heterocycles. The molecule has 0 atom stereocenters. The van der Waals surface area contributed by atoms with E-state index in [0.717, 1.165) is 4.68 Å². The summed E-state index contributed by atoms with van der Waals surface area (Å²) in [5, 5.41) is 2.56. The second-order valence-corrected chi connectivity index (χ2v) is 5.62. The van der Waals surface area contributed by atoms with Crippen molar-refractivity contribution in [2.24, 2.45) is 0 Å². The Morgan fingerprint density at radius 2 is 1.87 bits per heavy atom. The summed E-state index contributed by atoms with van der Waals surface area (Å²) >= 11 is 1.26. The maximum Gasteiger partial charge on any atom is 0.340 e. The average Bonchev–Trinajstić information content (AvgIpc) is 3.11. The molecule has 116 valence electrons. The Balaban J connectivity index is 2.14. The van der Waals surface area contributed by atoms with Crippen molar-refractivity contribution in [3.63, 3.8) is 0 Å². The Morgan fingerprint density at radius 1 is 1.13 bits per heavy atom. The number of rotatable bonds is 3. The van der Waals surface area contributed by atoms with E-state index in [9.17, 15) is 14.4 Å². The van der Waals surface area contributed by atoms with Crippen molar-refractivity contribution in [1.29, 1.82) is 0 Å². The van der Waals surface area contributed by atoms with Crippen LogP contribution in [0.4, 0.5) is 0 Å². The Kier molecular flexibility index (Phi) is 3.94. The van der Waals surface area contributed by atoms with Crippen molar-refractivity contribution in [2.75, 3.05) is 12.5 Å². The second kappa shape index (κ2) is 6.05. The minimum atomic E-state index is -0.583. The highest BCUT2D eigenvalue weighted by atomic mass is 32.1. The zero-order valence-electron chi connectivity index (χ0n) is 12.1. The van der Waals surface area contributed by atoms with Gasteiger partial charge in [0, 0.05) is 17.0 Å². The van der Waals surface area contributed by atoms with Gasteiger partial charge in [-0.15, -0.1) is 11.3 Å². The van der Waals surface area contributed by atoms with Crippen LogP contribution in [0.2, 0.25) is 0 Å². The molecule has 0 aliphatic carbocycles. The number of fused-ring (bicyclic) bond motifs is 1. The number of thiophene rings is 1. The fourth-order valence-corrected chi connectivity index (χ4v) is 2.83. The topological polar surface area (TPSA) is 77.4 Å². The molecule has 2 aromatic heterocycles. The summed E-state index contributed by atoms with van der Waals surface area (Å²) in [5.41, 5.74) is 2.28. The van der Waals surface area contributed by atoms with Crippen molar-refractivity contribution in [3.05, 3.63) is 68.8 Å². The van der Waals surface area contributed by atoms with Gasteiger partial charge in [0.15, 0.2) is 0 Å². The number of ether oxygens (including phenoxy) is 1. The molecule has 7 heteroatoms. The SMILES string of the molecule is COC(=O)c1cn(NC(=O)c2cccs2)c(=O)c2ccccc12. The van der Waals surface area contributed by atoms with Crippen LogP contribution in [0.1, 0.15) is 20.0 Å². The van der Waals surface area contributed by atoms with Crippen LogP contribution in [0.15, 0.2) is 52.8 Å². The standard InChI is InChI=1S/C16H12N2O4S/c1-22-16(21)12-9-18(17-14(19)13-7-4-8-23-13)15(20)11-6-3-2-5-10(11)12/h2-9H,1H3,(H,17,19). The zero-order chi connectivity index (χ0) is 16.4. The summed E-state index contributed by atoms with van der Waals surface area (Å²) in [6.07, 6.45) is 1.28. The number of hydrogen-bond acceptors (Lipinski definition) is 5. The Hall–Kier alpha value is -2.93. The fraction of sp³-hybridized carbons (Fsp3) is 0.0625. The molecule has 23 heavy (non-hydrogen) atoms. The third kappa shape index (κ3) is 2.74. The number of hydrogen-bond donors (Lipinski definition) is 1. The lowest BCUT2D eigenvalue weighted by Crippen LogP contribution is -2.33. The number of nitrogens with one attached hydrogen (secondary N) is 1. The van der Waals surface area contributed by atoms with Crippen molar-refractivity contribution >= 4 is 34.0 Å². The minimum absolute atomic E-state index is 0.203. The molecule has 0 spiro atoms. The van der Waals surface area contributed by atoms with Crippen LogP contribution in [0.3, 0.4) is 0 Å². The molecule has 1 N–H and O–H groups in total. The number of amides is 1. The van der Waals surface area contributed by atoms with Crippen molar-refractivity contribution in [1.82, 2.24) is 4.68 Å². The summed E-state index contributed by atoms with van der Waals surface area (Å²) in [5.74, 6) is -1.01. The predicted molar refractivity (Wildman–Crippen MR) is 87.6 cm³/mol. The minimum Gasteiger partial charge on any atom is -0.465 e. The van der Waals surface area contributed by atoms with E-state index in [0.29, 0.717) is 15.6 Å². The van der Waals surface area contributed by atoms with Crippen LogP contribution in [0.5, 0.6) is 0 Å². The maximum atomic E-state index is 12.5. The molecule has 0 aliphatic rings. The smallest absolute Gasteiger partial charge is 0.340 e. The first-order valence-electron chi connectivity index (χ1n) is 6.69. The van der Waals surface area contributed by atoms with Crippen molar-refractivity contribution < 1.29 is 14.3 Å². The lowest BCUT2D eigenvalue weighted by molar-refractivity contribution is 0.0601. The largest absolute Gasteiger partial charge is 0.465 e. The van der Waals surface area contributed by atoms with E-state index in [1.54, 1.807) is 41.8 Å². The van der Waals surface area contributed by atoms with Crippen LogP contribution in [-0.2, 0) is 4.74 Å². The van der Waals surface area contributed by atoms with Crippen molar-refractivity contribution in [3.8, 4) is 0 Å². The molecular weight excluding hydrogens is 316 g/mol. The van der Waals surface area contributed by atoms with Gasteiger partial charge in [0.2, 0.25) is 0 Å². The summed E-state index contributed by atoms with van der Waals surface area (Å²) in [6.45, 7) is 0. The molecular formula is C16H12N2O4S. The third-order valence-electron chi connectivity index (χ3n) is 3.30. The van der Waals surface area contributed by atoms with E-state index in [1.807, 2.05) is 0 Å². The fourth-order valence-electron chi connectivity index (χ4n) is 2.22. The molecule has 3 aromatic rings. The molecule has 2 heterocycles. The molecule has 1 aromatic carbocycles.